The van der Waals surface area contributed by atoms with Crippen LogP contribution in [0.5, 0.6) is 0 Å². The monoisotopic (exact) mass is 125 g/mol. The molecule has 1 rings (SSSR count). The first-order valence-electron chi connectivity index (χ1n) is 4.12. The van der Waals surface area contributed by atoms with E-state index in [2.05, 4.69) is 20.3 Å². The Hall–Kier alpha value is 0. The van der Waals surface area contributed by atoms with Gasteiger partial charge < -0.3 is 0 Å². The van der Waals surface area contributed by atoms with E-state index in [0.717, 1.165) is 11.8 Å². The van der Waals surface area contributed by atoms with E-state index in [-0.39, 0.29) is 0 Å². The third-order valence-corrected chi connectivity index (χ3v) is 2.45. The molecule has 0 aromatic carbocycles. The summed E-state index contributed by atoms with van der Waals surface area (Å²) in [6, 6.07) is 0. The second-order valence-corrected chi connectivity index (χ2v) is 3.37. The maximum Gasteiger partial charge on any atom is -0.0383 e. The van der Waals surface area contributed by atoms with Crippen LogP contribution in [0, 0.1) is 18.3 Å². The van der Waals surface area contributed by atoms with E-state index in [1.165, 1.54) is 25.7 Å². The molecular formula is C9H17. The topological polar surface area (TPSA) is 0 Å². The minimum absolute atomic E-state index is 0.939. The van der Waals surface area contributed by atoms with Crippen LogP contribution in [0.1, 0.15) is 39.5 Å². The Morgan fingerprint density at radius 2 is 2.11 bits per heavy atom. The summed E-state index contributed by atoms with van der Waals surface area (Å²) in [5.41, 5.74) is 0. The molecule has 0 bridgehead atoms. The molecule has 1 fully saturated rings. The zero-order chi connectivity index (χ0) is 6.69. The fourth-order valence-electron chi connectivity index (χ4n) is 1.78. The highest BCUT2D eigenvalue weighted by atomic mass is 14.2. The number of hydrogen-bond donors (Lipinski definition) is 0. The SMILES string of the molecule is C[CH]C1CCCC(C)C1. The normalized spacial score (nSPS) is 36.7. The Bertz CT molecular complexity index is 76.1. The molecule has 2 unspecified atom stereocenters. The van der Waals surface area contributed by atoms with Gasteiger partial charge in [-0.25, -0.2) is 0 Å². The molecule has 0 aromatic rings. The standard InChI is InChI=1S/C9H17/c1-3-9-6-4-5-8(2)7-9/h3,8-9H,4-7H2,1-2H3. The first-order valence-corrected chi connectivity index (χ1v) is 4.12. The Labute approximate surface area is 58.7 Å². The fourth-order valence-corrected chi connectivity index (χ4v) is 1.78. The van der Waals surface area contributed by atoms with Crippen molar-refractivity contribution in [2.75, 3.05) is 0 Å². The van der Waals surface area contributed by atoms with Crippen molar-refractivity contribution in [3.05, 3.63) is 6.42 Å². The molecule has 1 aliphatic rings. The summed E-state index contributed by atoms with van der Waals surface area (Å²) in [6.45, 7) is 4.57. The predicted octanol–water partition coefficient (Wildman–Crippen LogP) is 3.04. The van der Waals surface area contributed by atoms with Gasteiger partial charge in [-0.15, -0.1) is 0 Å². The van der Waals surface area contributed by atoms with Gasteiger partial charge in [0.2, 0.25) is 0 Å². The minimum atomic E-state index is 0.939. The van der Waals surface area contributed by atoms with Gasteiger partial charge in [0.05, 0.1) is 0 Å². The van der Waals surface area contributed by atoms with Crippen molar-refractivity contribution in [3.8, 4) is 0 Å². The van der Waals surface area contributed by atoms with Gasteiger partial charge in [0.1, 0.15) is 0 Å². The summed E-state index contributed by atoms with van der Waals surface area (Å²) in [6.07, 6.45) is 8.17. The quantitative estimate of drug-likeness (QED) is 0.505. The summed E-state index contributed by atoms with van der Waals surface area (Å²) in [5, 5.41) is 0. The van der Waals surface area contributed by atoms with Gasteiger partial charge in [-0.1, -0.05) is 33.1 Å². The maximum absolute atomic E-state index is 2.37. The van der Waals surface area contributed by atoms with E-state index in [9.17, 15) is 0 Å². The molecule has 2 atom stereocenters. The van der Waals surface area contributed by atoms with E-state index >= 15 is 0 Å². The van der Waals surface area contributed by atoms with Gasteiger partial charge in [0, 0.05) is 0 Å². The van der Waals surface area contributed by atoms with Crippen LogP contribution >= 0.6 is 0 Å². The second-order valence-electron chi connectivity index (χ2n) is 3.37. The lowest BCUT2D eigenvalue weighted by molar-refractivity contribution is 0.311. The van der Waals surface area contributed by atoms with Crippen molar-refractivity contribution in [2.45, 2.75) is 39.5 Å². The number of hydrogen-bond acceptors (Lipinski definition) is 0. The lowest BCUT2D eigenvalue weighted by Crippen LogP contribution is -2.12. The second kappa shape index (κ2) is 3.24. The van der Waals surface area contributed by atoms with Crippen LogP contribution < -0.4 is 0 Å². The van der Waals surface area contributed by atoms with Gasteiger partial charge in [-0.3, -0.25) is 0 Å². The molecule has 1 saturated carbocycles. The summed E-state index contributed by atoms with van der Waals surface area (Å²) in [5.74, 6) is 1.92. The fraction of sp³-hybridized carbons (Fsp3) is 0.889. The van der Waals surface area contributed by atoms with Gasteiger partial charge in [0.15, 0.2) is 0 Å². The Morgan fingerprint density at radius 1 is 1.33 bits per heavy atom. The molecule has 0 heterocycles. The summed E-state index contributed by atoms with van der Waals surface area (Å²) >= 11 is 0. The largest absolute Gasteiger partial charge is 0.0625 e. The Morgan fingerprint density at radius 3 is 2.56 bits per heavy atom. The zero-order valence-corrected chi connectivity index (χ0v) is 6.56. The van der Waals surface area contributed by atoms with Gasteiger partial charge >= 0.3 is 0 Å². The Balaban J connectivity index is 2.23. The molecule has 9 heavy (non-hydrogen) atoms. The average molecular weight is 125 g/mol. The van der Waals surface area contributed by atoms with E-state index in [1.807, 2.05) is 0 Å². The van der Waals surface area contributed by atoms with Crippen molar-refractivity contribution in [3.63, 3.8) is 0 Å². The third kappa shape index (κ3) is 2.00. The lowest BCUT2D eigenvalue weighted by atomic mass is 9.81. The highest BCUT2D eigenvalue weighted by molar-refractivity contribution is 4.77. The molecule has 53 valence electrons. The van der Waals surface area contributed by atoms with E-state index in [1.54, 1.807) is 0 Å². The summed E-state index contributed by atoms with van der Waals surface area (Å²) < 4.78 is 0. The van der Waals surface area contributed by atoms with Crippen LogP contribution in [0.25, 0.3) is 0 Å². The van der Waals surface area contributed by atoms with Crippen LogP contribution in [-0.4, -0.2) is 0 Å². The molecule has 0 aromatic heterocycles. The van der Waals surface area contributed by atoms with Crippen LogP contribution in [0.2, 0.25) is 0 Å². The minimum Gasteiger partial charge on any atom is -0.0625 e. The summed E-state index contributed by atoms with van der Waals surface area (Å²) in [7, 11) is 0. The van der Waals surface area contributed by atoms with Gasteiger partial charge in [-0.05, 0) is 24.7 Å². The van der Waals surface area contributed by atoms with E-state index in [0.29, 0.717) is 0 Å². The molecule has 0 amide bonds. The molecule has 1 radical (unpaired) electrons. The Kier molecular flexibility index (Phi) is 2.56. The van der Waals surface area contributed by atoms with Crippen molar-refractivity contribution in [1.82, 2.24) is 0 Å². The molecule has 0 heteroatoms. The van der Waals surface area contributed by atoms with Gasteiger partial charge in [0.25, 0.3) is 0 Å². The third-order valence-electron chi connectivity index (χ3n) is 2.45. The zero-order valence-electron chi connectivity index (χ0n) is 6.56. The predicted molar refractivity (Wildman–Crippen MR) is 41.1 cm³/mol. The molecule has 0 saturated heterocycles. The molecule has 1 aliphatic carbocycles. The molecule has 0 aliphatic heterocycles. The van der Waals surface area contributed by atoms with Crippen molar-refractivity contribution < 1.29 is 0 Å². The van der Waals surface area contributed by atoms with Crippen molar-refractivity contribution >= 4 is 0 Å². The van der Waals surface area contributed by atoms with Crippen LogP contribution in [-0.2, 0) is 0 Å². The summed E-state index contributed by atoms with van der Waals surface area (Å²) in [4.78, 5) is 0. The van der Waals surface area contributed by atoms with Crippen LogP contribution in [0.3, 0.4) is 0 Å². The van der Waals surface area contributed by atoms with Crippen LogP contribution in [0.15, 0.2) is 0 Å². The molecule has 0 nitrogen and oxygen atoms in total. The molecule has 0 N–H and O–H groups in total. The molecule has 0 spiro atoms. The maximum atomic E-state index is 2.37. The van der Waals surface area contributed by atoms with Crippen molar-refractivity contribution in [1.29, 1.82) is 0 Å². The lowest BCUT2D eigenvalue weighted by Gasteiger charge is -2.25. The first kappa shape index (κ1) is 7.11. The van der Waals surface area contributed by atoms with E-state index < -0.39 is 0 Å². The van der Waals surface area contributed by atoms with Crippen LogP contribution in [0.4, 0.5) is 0 Å². The smallest absolute Gasteiger partial charge is 0.0383 e. The first-order chi connectivity index (χ1) is 4.33. The van der Waals surface area contributed by atoms with Crippen molar-refractivity contribution in [2.24, 2.45) is 11.8 Å². The highest BCUT2D eigenvalue weighted by Gasteiger charge is 2.16. The highest BCUT2D eigenvalue weighted by Crippen LogP contribution is 2.29. The number of rotatable bonds is 1. The van der Waals surface area contributed by atoms with E-state index in [4.69, 9.17) is 0 Å². The average Bonchev–Trinajstić information content (AvgIpc) is 1.88. The van der Waals surface area contributed by atoms with Gasteiger partial charge in [-0.2, -0.15) is 0 Å². The molecular weight excluding hydrogens is 108 g/mol.